The van der Waals surface area contributed by atoms with Gasteiger partial charge in [0.1, 0.15) is 0 Å². The van der Waals surface area contributed by atoms with E-state index in [0.29, 0.717) is 23.9 Å². The van der Waals surface area contributed by atoms with Crippen molar-refractivity contribution in [2.24, 2.45) is 0 Å². The van der Waals surface area contributed by atoms with E-state index in [2.05, 4.69) is 19.2 Å². The summed E-state index contributed by atoms with van der Waals surface area (Å²) in [5.74, 6) is 0.414. The van der Waals surface area contributed by atoms with Crippen molar-refractivity contribution >= 4 is 15.9 Å². The fourth-order valence-electron chi connectivity index (χ4n) is 4.48. The molecule has 1 aromatic rings. The summed E-state index contributed by atoms with van der Waals surface area (Å²) in [5, 5.41) is 3.25. The number of nitrogens with one attached hydrogen (secondary N) is 1. The van der Waals surface area contributed by atoms with Crippen LogP contribution in [0.3, 0.4) is 0 Å². The lowest BCUT2D eigenvalue weighted by Gasteiger charge is -2.32. The molecule has 0 aromatic heterocycles. The molecule has 0 unspecified atom stereocenters. The van der Waals surface area contributed by atoms with E-state index in [0.717, 1.165) is 57.2 Å². The third-order valence-electron chi connectivity index (χ3n) is 6.40. The largest absolute Gasteiger partial charge is 0.340 e. The van der Waals surface area contributed by atoms with Gasteiger partial charge < -0.3 is 10.2 Å². The molecule has 168 valence electrons. The van der Waals surface area contributed by atoms with Gasteiger partial charge in [-0.1, -0.05) is 51.7 Å². The van der Waals surface area contributed by atoms with Crippen molar-refractivity contribution in [1.82, 2.24) is 14.5 Å². The third-order valence-corrected chi connectivity index (χ3v) is 8.37. The summed E-state index contributed by atoms with van der Waals surface area (Å²) >= 11 is 0. The van der Waals surface area contributed by atoms with E-state index in [-0.39, 0.29) is 24.9 Å². The van der Waals surface area contributed by atoms with E-state index in [1.54, 1.807) is 16.4 Å². The average Bonchev–Trinajstić information content (AvgIpc) is 3.03. The molecule has 30 heavy (non-hydrogen) atoms. The molecule has 2 aliphatic rings. The van der Waals surface area contributed by atoms with Crippen molar-refractivity contribution in [2.45, 2.75) is 75.6 Å². The Kier molecular flexibility index (Phi) is 8.31. The lowest BCUT2D eigenvalue weighted by molar-refractivity contribution is -0.131. The van der Waals surface area contributed by atoms with Crippen molar-refractivity contribution < 1.29 is 13.2 Å². The Balaban J connectivity index is 1.79. The molecule has 0 bridgehead atoms. The number of piperazine rings is 1. The zero-order valence-electron chi connectivity index (χ0n) is 18.5. The SMILES string of the molecule is CC(C)c1ccc(S(=O)(=O)N(CCC(=O)N2CCNCC2)C2CCCCCC2)cc1. The number of rotatable bonds is 7. The smallest absolute Gasteiger partial charge is 0.243 e. The summed E-state index contributed by atoms with van der Waals surface area (Å²) < 4.78 is 28.9. The molecule has 3 rings (SSSR count). The Labute approximate surface area is 182 Å². The van der Waals surface area contributed by atoms with Gasteiger partial charge in [-0.3, -0.25) is 4.79 Å². The summed E-state index contributed by atoms with van der Waals surface area (Å²) in [6, 6.07) is 7.26. The molecule has 0 atom stereocenters. The average molecular weight is 436 g/mol. The first kappa shape index (κ1) is 23.2. The number of sulfonamides is 1. The second kappa shape index (κ2) is 10.7. The molecule has 6 nitrogen and oxygen atoms in total. The minimum Gasteiger partial charge on any atom is -0.340 e. The van der Waals surface area contributed by atoms with Crippen molar-refractivity contribution in [3.8, 4) is 0 Å². The van der Waals surface area contributed by atoms with E-state index < -0.39 is 10.0 Å². The molecule has 7 heteroatoms. The van der Waals surface area contributed by atoms with Crippen LogP contribution < -0.4 is 5.32 Å². The Morgan fingerprint density at radius 2 is 1.67 bits per heavy atom. The minimum absolute atomic E-state index is 0.0157. The highest BCUT2D eigenvalue weighted by Gasteiger charge is 2.32. The number of amides is 1. The van der Waals surface area contributed by atoms with E-state index in [4.69, 9.17) is 0 Å². The molecule has 1 amide bonds. The quantitative estimate of drug-likeness (QED) is 0.667. The number of hydrogen-bond acceptors (Lipinski definition) is 4. The van der Waals surface area contributed by atoms with E-state index in [1.807, 2.05) is 17.0 Å². The maximum atomic E-state index is 13.6. The van der Waals surface area contributed by atoms with Crippen LogP contribution in [0.5, 0.6) is 0 Å². The zero-order chi connectivity index (χ0) is 21.6. The van der Waals surface area contributed by atoms with E-state index >= 15 is 0 Å². The second-order valence-corrected chi connectivity index (χ2v) is 10.8. The number of carbonyl (C=O) groups excluding carboxylic acids is 1. The van der Waals surface area contributed by atoms with Gasteiger partial charge >= 0.3 is 0 Å². The minimum atomic E-state index is -3.64. The van der Waals surface area contributed by atoms with Crippen LogP contribution in [0.25, 0.3) is 0 Å². The van der Waals surface area contributed by atoms with Crippen LogP contribution in [0.1, 0.15) is 70.3 Å². The van der Waals surface area contributed by atoms with Crippen molar-refractivity contribution in [3.05, 3.63) is 29.8 Å². The van der Waals surface area contributed by atoms with Crippen molar-refractivity contribution in [1.29, 1.82) is 0 Å². The predicted octanol–water partition coefficient (Wildman–Crippen LogP) is 3.35. The predicted molar refractivity (Wildman–Crippen MR) is 120 cm³/mol. The molecule has 1 N–H and O–H groups in total. The lowest BCUT2D eigenvalue weighted by atomic mass is 10.0. The standard InChI is InChI=1S/C23H37N3O3S/c1-19(2)20-9-11-22(12-10-20)30(28,29)26(21-7-5-3-4-6-8-21)16-13-23(27)25-17-14-24-15-18-25/h9-12,19,21,24H,3-8,13-18H2,1-2H3. The van der Waals surface area contributed by atoms with Crippen LogP contribution in [-0.2, 0) is 14.8 Å². The number of hydrogen-bond donors (Lipinski definition) is 1. The fraction of sp³-hybridized carbons (Fsp3) is 0.696. The van der Waals surface area contributed by atoms with Crippen LogP contribution in [-0.4, -0.2) is 62.3 Å². The van der Waals surface area contributed by atoms with Crippen LogP contribution in [0, 0.1) is 0 Å². The highest BCUT2D eigenvalue weighted by Crippen LogP contribution is 2.28. The van der Waals surface area contributed by atoms with Gasteiger partial charge in [0.2, 0.25) is 15.9 Å². The Hall–Kier alpha value is -1.44. The summed E-state index contributed by atoms with van der Waals surface area (Å²) in [7, 11) is -3.64. The van der Waals surface area contributed by atoms with E-state index in [1.165, 1.54) is 0 Å². The summed E-state index contributed by atoms with van der Waals surface area (Å²) in [6.45, 7) is 7.47. The van der Waals surface area contributed by atoms with Crippen LogP contribution in [0.15, 0.2) is 29.2 Å². The summed E-state index contributed by atoms with van der Waals surface area (Å²) in [5.41, 5.74) is 1.13. The Morgan fingerprint density at radius 1 is 1.07 bits per heavy atom. The summed E-state index contributed by atoms with van der Waals surface area (Å²) in [4.78, 5) is 14.9. The van der Waals surface area contributed by atoms with Gasteiger partial charge in [0.15, 0.2) is 0 Å². The van der Waals surface area contributed by atoms with Crippen molar-refractivity contribution in [2.75, 3.05) is 32.7 Å². The number of benzene rings is 1. The number of carbonyl (C=O) groups is 1. The van der Waals surface area contributed by atoms with Gasteiger partial charge in [-0.05, 0) is 36.5 Å². The third kappa shape index (κ3) is 5.83. The summed E-state index contributed by atoms with van der Waals surface area (Å²) in [6.07, 6.45) is 6.43. The Bertz CT molecular complexity index is 778. The van der Waals surface area contributed by atoms with E-state index in [9.17, 15) is 13.2 Å². The van der Waals surface area contributed by atoms with Gasteiger partial charge in [0, 0.05) is 45.2 Å². The molecule has 1 aliphatic carbocycles. The molecule has 0 radical (unpaired) electrons. The maximum Gasteiger partial charge on any atom is 0.243 e. The normalized spacial score (nSPS) is 19.3. The fourth-order valence-corrected chi connectivity index (χ4v) is 6.17. The number of nitrogens with zero attached hydrogens (tertiary/aromatic N) is 2. The molecule has 1 aliphatic heterocycles. The van der Waals surface area contributed by atoms with Gasteiger partial charge in [0.05, 0.1) is 4.90 Å². The van der Waals surface area contributed by atoms with Gasteiger partial charge in [-0.25, -0.2) is 8.42 Å². The topological polar surface area (TPSA) is 69.7 Å². The molecule has 1 saturated heterocycles. The lowest BCUT2D eigenvalue weighted by Crippen LogP contribution is -2.48. The monoisotopic (exact) mass is 435 g/mol. The first-order valence-corrected chi connectivity index (χ1v) is 12.9. The van der Waals surface area contributed by atoms with Gasteiger partial charge in [-0.2, -0.15) is 4.31 Å². The van der Waals surface area contributed by atoms with Crippen LogP contribution in [0.4, 0.5) is 0 Å². The molecule has 1 heterocycles. The van der Waals surface area contributed by atoms with Crippen LogP contribution in [0.2, 0.25) is 0 Å². The molecule has 1 aromatic carbocycles. The van der Waals surface area contributed by atoms with Gasteiger partial charge in [-0.15, -0.1) is 0 Å². The first-order chi connectivity index (χ1) is 14.4. The molecule has 2 fully saturated rings. The molecular formula is C23H37N3O3S. The molecular weight excluding hydrogens is 398 g/mol. The highest BCUT2D eigenvalue weighted by atomic mass is 32.2. The molecule has 1 saturated carbocycles. The maximum absolute atomic E-state index is 13.6. The van der Waals surface area contributed by atoms with Gasteiger partial charge in [0.25, 0.3) is 0 Å². The second-order valence-electron chi connectivity index (χ2n) is 8.87. The van der Waals surface area contributed by atoms with Crippen molar-refractivity contribution in [3.63, 3.8) is 0 Å². The Morgan fingerprint density at radius 3 is 2.23 bits per heavy atom. The zero-order valence-corrected chi connectivity index (χ0v) is 19.3. The first-order valence-electron chi connectivity index (χ1n) is 11.5. The van der Waals surface area contributed by atoms with Crippen LogP contribution >= 0.6 is 0 Å². The molecule has 0 spiro atoms. The highest BCUT2D eigenvalue weighted by molar-refractivity contribution is 7.89.